The van der Waals surface area contributed by atoms with Gasteiger partial charge in [0, 0.05) is 13.1 Å². The predicted molar refractivity (Wildman–Crippen MR) is 62.8 cm³/mol. The van der Waals surface area contributed by atoms with E-state index in [-0.39, 0.29) is 13.2 Å². The molecule has 0 radical (unpaired) electrons. The van der Waals surface area contributed by atoms with Crippen molar-refractivity contribution in [1.82, 2.24) is 0 Å². The maximum absolute atomic E-state index is 10.6. The Morgan fingerprint density at radius 1 is 0.750 bits per heavy atom. The van der Waals surface area contributed by atoms with Crippen LogP contribution in [0.25, 0.3) is 0 Å². The molecule has 0 aliphatic rings. The number of hydrogen-bond donors (Lipinski definition) is 4. The fraction of sp³-hybridized carbons (Fsp3) is 0.667. The highest BCUT2D eigenvalue weighted by molar-refractivity contribution is 5.73. The number of aliphatic carboxylic acids is 2. The third-order valence-corrected chi connectivity index (χ3v) is 1.16. The van der Waals surface area contributed by atoms with Crippen molar-refractivity contribution >= 4 is 18.1 Å². The van der Waals surface area contributed by atoms with Crippen LogP contribution in [0.15, 0.2) is 0 Å². The van der Waals surface area contributed by atoms with E-state index in [0.717, 1.165) is 0 Å². The molecule has 0 rings (SSSR count). The number of carbonyl (C=O) groups excluding carboxylic acids is 1. The topological polar surface area (TPSA) is 162 Å². The Hall–Kier alpha value is -2.29. The minimum atomic E-state index is -5.08. The zero-order chi connectivity index (χ0) is 20.0. The molecule has 0 bridgehead atoms. The SMILES string of the molecule is NCCOC(=O)OCCN.O=C(O)C(F)(F)F.O=C(O)C(F)(F)F. The van der Waals surface area contributed by atoms with E-state index >= 15 is 0 Å². The van der Waals surface area contributed by atoms with Gasteiger partial charge in [-0.3, -0.25) is 0 Å². The first kappa shape index (κ1) is 26.6. The minimum Gasteiger partial charge on any atom is -0.475 e. The highest BCUT2D eigenvalue weighted by Gasteiger charge is 2.38. The summed E-state index contributed by atoms with van der Waals surface area (Å²) in [5, 5.41) is 14.2. The number of nitrogens with two attached hydrogens (primary N) is 2. The van der Waals surface area contributed by atoms with Gasteiger partial charge >= 0.3 is 30.4 Å². The first-order chi connectivity index (χ1) is 10.7. The van der Waals surface area contributed by atoms with Gasteiger partial charge in [0.05, 0.1) is 0 Å². The molecule has 0 saturated heterocycles. The van der Waals surface area contributed by atoms with Crippen LogP contribution in [0.5, 0.6) is 0 Å². The molecule has 0 amide bonds. The Morgan fingerprint density at radius 3 is 1.08 bits per heavy atom. The van der Waals surface area contributed by atoms with Gasteiger partial charge in [0.2, 0.25) is 0 Å². The summed E-state index contributed by atoms with van der Waals surface area (Å²) in [4.78, 5) is 28.2. The molecule has 6 N–H and O–H groups in total. The number of rotatable bonds is 4. The molecule has 24 heavy (non-hydrogen) atoms. The average Bonchev–Trinajstić information content (AvgIpc) is 2.42. The zero-order valence-corrected chi connectivity index (χ0v) is 11.7. The molecule has 0 aliphatic carbocycles. The summed E-state index contributed by atoms with van der Waals surface area (Å²) < 4.78 is 72.4. The van der Waals surface area contributed by atoms with Crippen molar-refractivity contribution in [1.29, 1.82) is 0 Å². The molecule has 0 aliphatic heterocycles. The summed E-state index contributed by atoms with van der Waals surface area (Å²) in [7, 11) is 0. The third-order valence-electron chi connectivity index (χ3n) is 1.16. The standard InChI is InChI=1S/C5H12N2O3.2C2HF3O2/c6-1-3-9-5(8)10-4-2-7;2*3-2(4,5)1(6)7/h1-4,6-7H2;2*(H,6,7). The fourth-order valence-electron chi connectivity index (χ4n) is 0.326. The van der Waals surface area contributed by atoms with Crippen LogP contribution < -0.4 is 11.5 Å². The molecule has 15 heteroatoms. The van der Waals surface area contributed by atoms with Crippen molar-refractivity contribution in [2.75, 3.05) is 26.3 Å². The maximum Gasteiger partial charge on any atom is 0.508 e. The first-order valence-electron chi connectivity index (χ1n) is 5.50. The molecule has 9 nitrogen and oxygen atoms in total. The minimum absolute atomic E-state index is 0.184. The second-order valence-electron chi connectivity index (χ2n) is 3.13. The van der Waals surface area contributed by atoms with Crippen LogP contribution in [0, 0.1) is 0 Å². The van der Waals surface area contributed by atoms with Crippen molar-refractivity contribution in [3.63, 3.8) is 0 Å². The number of hydrogen-bond acceptors (Lipinski definition) is 7. The number of ether oxygens (including phenoxy) is 2. The van der Waals surface area contributed by atoms with Crippen LogP contribution in [0.2, 0.25) is 0 Å². The highest BCUT2D eigenvalue weighted by Crippen LogP contribution is 2.13. The maximum atomic E-state index is 10.6. The van der Waals surface area contributed by atoms with Gasteiger partial charge in [-0.25, -0.2) is 14.4 Å². The number of carbonyl (C=O) groups is 3. The quantitative estimate of drug-likeness (QED) is 0.400. The van der Waals surface area contributed by atoms with Crippen LogP contribution in [0.1, 0.15) is 0 Å². The lowest BCUT2D eigenvalue weighted by molar-refractivity contribution is -0.193. The summed E-state index contributed by atoms with van der Waals surface area (Å²) in [5.74, 6) is -5.51. The third kappa shape index (κ3) is 22.0. The van der Waals surface area contributed by atoms with Gasteiger partial charge < -0.3 is 31.2 Å². The van der Waals surface area contributed by atoms with E-state index in [1.807, 2.05) is 0 Å². The summed E-state index contributed by atoms with van der Waals surface area (Å²) in [5.41, 5.74) is 10.1. The molecular formula is C9H14F6N2O7. The van der Waals surface area contributed by atoms with Gasteiger partial charge in [0.1, 0.15) is 13.2 Å². The lowest BCUT2D eigenvalue weighted by Crippen LogP contribution is -2.21. The highest BCUT2D eigenvalue weighted by atomic mass is 19.4. The van der Waals surface area contributed by atoms with Crippen LogP contribution in [0.4, 0.5) is 31.1 Å². The van der Waals surface area contributed by atoms with Crippen molar-refractivity contribution in [3.8, 4) is 0 Å². The summed E-state index contributed by atoms with van der Waals surface area (Å²) in [6, 6.07) is 0. The van der Waals surface area contributed by atoms with Crippen molar-refractivity contribution in [2.24, 2.45) is 11.5 Å². The summed E-state index contributed by atoms with van der Waals surface area (Å²) in [6.45, 7) is 0.974. The molecule has 0 aromatic rings. The predicted octanol–water partition coefficient (Wildman–Crippen LogP) is 0.324. The monoisotopic (exact) mass is 376 g/mol. The lowest BCUT2D eigenvalue weighted by Gasteiger charge is -2.02. The summed E-state index contributed by atoms with van der Waals surface area (Å²) >= 11 is 0. The van der Waals surface area contributed by atoms with E-state index in [4.69, 9.17) is 31.3 Å². The number of carboxylic acid groups (broad SMARTS) is 2. The van der Waals surface area contributed by atoms with E-state index < -0.39 is 30.4 Å². The molecule has 0 aromatic heterocycles. The Bertz CT molecular complexity index is 352. The van der Waals surface area contributed by atoms with E-state index in [2.05, 4.69) is 9.47 Å². The largest absolute Gasteiger partial charge is 0.508 e. The average molecular weight is 376 g/mol. The van der Waals surface area contributed by atoms with Crippen LogP contribution in [0.3, 0.4) is 0 Å². The molecule has 0 unspecified atom stereocenters. The molecule has 144 valence electrons. The lowest BCUT2D eigenvalue weighted by atomic mass is 10.7. The number of alkyl halides is 6. The normalized spacial score (nSPS) is 10.3. The molecular weight excluding hydrogens is 362 g/mol. The molecule has 0 spiro atoms. The van der Waals surface area contributed by atoms with E-state index in [0.29, 0.717) is 13.1 Å². The van der Waals surface area contributed by atoms with Gasteiger partial charge in [0.15, 0.2) is 0 Å². The fourth-order valence-corrected chi connectivity index (χ4v) is 0.326. The molecule has 0 heterocycles. The smallest absolute Gasteiger partial charge is 0.475 e. The molecule has 0 fully saturated rings. The van der Waals surface area contributed by atoms with Crippen LogP contribution in [-0.4, -0.2) is 67.0 Å². The van der Waals surface area contributed by atoms with E-state index in [1.54, 1.807) is 0 Å². The van der Waals surface area contributed by atoms with Crippen molar-refractivity contribution < 1.29 is 60.4 Å². The van der Waals surface area contributed by atoms with Gasteiger partial charge in [-0.15, -0.1) is 0 Å². The van der Waals surface area contributed by atoms with E-state index in [9.17, 15) is 31.1 Å². The van der Waals surface area contributed by atoms with Gasteiger partial charge in [-0.1, -0.05) is 0 Å². The Labute approximate surface area is 130 Å². The molecule has 0 aromatic carbocycles. The van der Waals surface area contributed by atoms with Gasteiger partial charge in [-0.05, 0) is 0 Å². The molecule has 0 atom stereocenters. The number of carboxylic acids is 2. The Morgan fingerprint density at radius 2 is 0.958 bits per heavy atom. The van der Waals surface area contributed by atoms with Crippen LogP contribution in [-0.2, 0) is 19.1 Å². The Balaban J connectivity index is -0.000000283. The number of halogens is 6. The van der Waals surface area contributed by atoms with Gasteiger partial charge in [-0.2, -0.15) is 26.3 Å². The van der Waals surface area contributed by atoms with Crippen molar-refractivity contribution in [2.45, 2.75) is 12.4 Å². The zero-order valence-electron chi connectivity index (χ0n) is 11.7. The second kappa shape index (κ2) is 13.2. The van der Waals surface area contributed by atoms with Crippen molar-refractivity contribution in [3.05, 3.63) is 0 Å². The van der Waals surface area contributed by atoms with Gasteiger partial charge in [0.25, 0.3) is 0 Å². The summed E-state index contributed by atoms with van der Waals surface area (Å²) in [6.07, 6.45) is -10.9. The second-order valence-corrected chi connectivity index (χ2v) is 3.13. The van der Waals surface area contributed by atoms with Crippen LogP contribution >= 0.6 is 0 Å². The van der Waals surface area contributed by atoms with E-state index in [1.165, 1.54) is 0 Å². The Kier molecular flexibility index (Phi) is 14.6. The molecule has 0 saturated carbocycles. The first-order valence-corrected chi connectivity index (χ1v) is 5.50.